The van der Waals surface area contributed by atoms with Crippen molar-refractivity contribution in [1.29, 1.82) is 0 Å². The van der Waals surface area contributed by atoms with Crippen LogP contribution in [0.4, 0.5) is 21.5 Å². The molecular weight excluding hydrogens is 360 g/mol. The van der Waals surface area contributed by atoms with Crippen molar-refractivity contribution in [3.8, 4) is 0 Å². The first-order valence-corrected chi connectivity index (χ1v) is 6.66. The first-order chi connectivity index (χ1) is 8.90. The van der Waals surface area contributed by atoms with E-state index in [1.165, 1.54) is 16.8 Å². The minimum atomic E-state index is -0.383. The molecule has 1 heterocycles. The SMILES string of the molecule is Cc1c(Nc2ccc(I)cc2F)c(N)cn(C)c1=O. The Morgan fingerprint density at radius 3 is 2.74 bits per heavy atom. The minimum Gasteiger partial charge on any atom is -0.396 e. The molecule has 0 saturated heterocycles. The molecule has 0 saturated carbocycles. The molecule has 0 atom stereocenters. The summed E-state index contributed by atoms with van der Waals surface area (Å²) in [4.78, 5) is 11.8. The molecule has 0 spiro atoms. The lowest BCUT2D eigenvalue weighted by atomic mass is 10.2. The number of nitrogens with one attached hydrogen (secondary N) is 1. The smallest absolute Gasteiger partial charge is 0.255 e. The summed E-state index contributed by atoms with van der Waals surface area (Å²) in [6.45, 7) is 1.66. The Kier molecular flexibility index (Phi) is 3.79. The van der Waals surface area contributed by atoms with Gasteiger partial charge >= 0.3 is 0 Å². The number of benzene rings is 1. The number of nitrogens with zero attached hydrogens (tertiary/aromatic N) is 1. The molecule has 4 nitrogen and oxygen atoms in total. The quantitative estimate of drug-likeness (QED) is 0.796. The molecule has 3 N–H and O–H groups in total. The Morgan fingerprint density at radius 1 is 1.42 bits per heavy atom. The summed E-state index contributed by atoms with van der Waals surface area (Å²) in [5.74, 6) is -0.383. The van der Waals surface area contributed by atoms with Crippen LogP contribution in [0.5, 0.6) is 0 Å². The van der Waals surface area contributed by atoms with Crippen LogP contribution in [0.1, 0.15) is 5.56 Å². The van der Waals surface area contributed by atoms with Gasteiger partial charge in [-0.15, -0.1) is 0 Å². The van der Waals surface area contributed by atoms with Crippen LogP contribution in [0.2, 0.25) is 0 Å². The van der Waals surface area contributed by atoms with Crippen LogP contribution >= 0.6 is 22.6 Å². The van der Waals surface area contributed by atoms with Gasteiger partial charge in [0.2, 0.25) is 0 Å². The van der Waals surface area contributed by atoms with E-state index < -0.39 is 0 Å². The van der Waals surface area contributed by atoms with Crippen molar-refractivity contribution in [3.05, 3.63) is 49.7 Å². The Balaban J connectivity index is 2.50. The lowest BCUT2D eigenvalue weighted by Crippen LogP contribution is -2.21. The van der Waals surface area contributed by atoms with E-state index in [4.69, 9.17) is 5.73 Å². The van der Waals surface area contributed by atoms with Gasteiger partial charge in [0.1, 0.15) is 5.82 Å². The normalized spacial score (nSPS) is 10.5. The average molecular weight is 373 g/mol. The van der Waals surface area contributed by atoms with Crippen molar-refractivity contribution in [3.63, 3.8) is 0 Å². The Hall–Kier alpha value is -1.57. The van der Waals surface area contributed by atoms with Gasteiger partial charge in [0.05, 0.1) is 17.1 Å². The number of halogens is 2. The van der Waals surface area contributed by atoms with Gasteiger partial charge in [-0.25, -0.2) is 4.39 Å². The lowest BCUT2D eigenvalue weighted by molar-refractivity contribution is 0.631. The van der Waals surface area contributed by atoms with Gasteiger partial charge in [0, 0.05) is 22.4 Å². The molecule has 0 unspecified atom stereocenters. The third-order valence-corrected chi connectivity index (χ3v) is 3.50. The standard InChI is InChI=1S/C13H13FIN3O/c1-7-12(10(16)6-18(2)13(7)19)17-11-4-3-8(15)5-9(11)14/h3-6,17H,16H2,1-2H3. The van der Waals surface area contributed by atoms with E-state index >= 15 is 0 Å². The van der Waals surface area contributed by atoms with Gasteiger partial charge in [-0.3, -0.25) is 4.79 Å². The number of hydrogen-bond acceptors (Lipinski definition) is 3. The van der Waals surface area contributed by atoms with Gasteiger partial charge in [-0.2, -0.15) is 0 Å². The fourth-order valence-corrected chi connectivity index (χ4v) is 2.26. The molecule has 0 fully saturated rings. The molecule has 19 heavy (non-hydrogen) atoms. The second kappa shape index (κ2) is 5.20. The minimum absolute atomic E-state index is 0.164. The summed E-state index contributed by atoms with van der Waals surface area (Å²) in [7, 11) is 1.63. The Morgan fingerprint density at radius 2 is 2.11 bits per heavy atom. The molecule has 100 valence electrons. The van der Waals surface area contributed by atoms with Crippen LogP contribution in [0, 0.1) is 16.3 Å². The molecule has 0 amide bonds. The van der Waals surface area contributed by atoms with Gasteiger partial charge < -0.3 is 15.6 Å². The molecule has 0 aliphatic heterocycles. The van der Waals surface area contributed by atoms with Crippen molar-refractivity contribution in [2.24, 2.45) is 7.05 Å². The van der Waals surface area contributed by atoms with Crippen molar-refractivity contribution in [2.75, 3.05) is 11.1 Å². The molecule has 2 aromatic rings. The number of aromatic nitrogens is 1. The van der Waals surface area contributed by atoms with E-state index in [-0.39, 0.29) is 11.4 Å². The van der Waals surface area contributed by atoms with Crippen molar-refractivity contribution in [2.45, 2.75) is 6.92 Å². The maximum atomic E-state index is 13.8. The highest BCUT2D eigenvalue weighted by Crippen LogP contribution is 2.26. The molecule has 2 rings (SSSR count). The predicted molar refractivity (Wildman–Crippen MR) is 83.2 cm³/mol. The predicted octanol–water partition coefficient (Wildman–Crippen LogP) is 2.76. The molecule has 1 aromatic carbocycles. The molecule has 0 radical (unpaired) electrons. The summed E-state index contributed by atoms with van der Waals surface area (Å²) in [6.07, 6.45) is 1.52. The molecule has 0 aliphatic carbocycles. The fraction of sp³-hybridized carbons (Fsp3) is 0.154. The Labute approximate surface area is 123 Å². The number of anilines is 3. The highest BCUT2D eigenvalue weighted by molar-refractivity contribution is 14.1. The van der Waals surface area contributed by atoms with Crippen LogP contribution in [-0.4, -0.2) is 4.57 Å². The number of nitrogen functional groups attached to an aromatic ring is 1. The topological polar surface area (TPSA) is 60.0 Å². The van der Waals surface area contributed by atoms with Gasteiger partial charge in [-0.1, -0.05) is 0 Å². The molecule has 1 aromatic heterocycles. The zero-order valence-electron chi connectivity index (χ0n) is 10.5. The van der Waals surface area contributed by atoms with Crippen LogP contribution in [0.15, 0.2) is 29.2 Å². The summed E-state index contributed by atoms with van der Waals surface area (Å²) in [5.41, 5.74) is 7.31. The van der Waals surface area contributed by atoms with E-state index in [1.807, 2.05) is 22.6 Å². The number of nitrogens with two attached hydrogens (primary N) is 1. The second-order valence-electron chi connectivity index (χ2n) is 4.25. The van der Waals surface area contributed by atoms with Crippen molar-refractivity contribution >= 4 is 39.7 Å². The summed E-state index contributed by atoms with van der Waals surface area (Å²) in [5, 5.41) is 2.89. The zero-order valence-corrected chi connectivity index (χ0v) is 12.7. The van der Waals surface area contributed by atoms with Crippen LogP contribution in [0.25, 0.3) is 0 Å². The monoisotopic (exact) mass is 373 g/mol. The van der Waals surface area contributed by atoms with Crippen LogP contribution < -0.4 is 16.6 Å². The third kappa shape index (κ3) is 2.73. The van der Waals surface area contributed by atoms with E-state index in [2.05, 4.69) is 5.32 Å². The highest BCUT2D eigenvalue weighted by Gasteiger charge is 2.11. The first kappa shape index (κ1) is 13.9. The van der Waals surface area contributed by atoms with Crippen molar-refractivity contribution in [1.82, 2.24) is 4.57 Å². The van der Waals surface area contributed by atoms with Gasteiger partial charge in [0.25, 0.3) is 5.56 Å². The largest absolute Gasteiger partial charge is 0.396 e. The third-order valence-electron chi connectivity index (χ3n) is 2.83. The highest BCUT2D eigenvalue weighted by atomic mass is 127. The second-order valence-corrected chi connectivity index (χ2v) is 5.50. The summed E-state index contributed by atoms with van der Waals surface area (Å²) in [6, 6.07) is 4.81. The summed E-state index contributed by atoms with van der Waals surface area (Å²) >= 11 is 2.03. The van der Waals surface area contributed by atoms with E-state index in [1.54, 1.807) is 26.1 Å². The fourth-order valence-electron chi connectivity index (χ4n) is 1.81. The van der Waals surface area contributed by atoms with E-state index in [0.717, 1.165) is 3.57 Å². The molecule has 0 aliphatic rings. The number of hydrogen-bond donors (Lipinski definition) is 2. The number of aryl methyl sites for hydroxylation is 1. The molecular formula is C13H13FIN3O. The zero-order chi connectivity index (χ0) is 14.2. The number of rotatable bonds is 2. The molecule has 0 bridgehead atoms. The maximum absolute atomic E-state index is 13.8. The van der Waals surface area contributed by atoms with Gasteiger partial charge in [-0.05, 0) is 47.7 Å². The van der Waals surface area contributed by atoms with E-state index in [0.29, 0.717) is 22.6 Å². The van der Waals surface area contributed by atoms with Crippen LogP contribution in [0.3, 0.4) is 0 Å². The Bertz CT molecular complexity index is 697. The van der Waals surface area contributed by atoms with Crippen LogP contribution in [-0.2, 0) is 7.05 Å². The lowest BCUT2D eigenvalue weighted by Gasteiger charge is -2.14. The maximum Gasteiger partial charge on any atom is 0.255 e. The summed E-state index contributed by atoms with van der Waals surface area (Å²) < 4.78 is 16.0. The number of pyridine rings is 1. The average Bonchev–Trinajstić information content (AvgIpc) is 2.34. The van der Waals surface area contributed by atoms with E-state index in [9.17, 15) is 9.18 Å². The molecule has 6 heteroatoms. The van der Waals surface area contributed by atoms with Gasteiger partial charge in [0.15, 0.2) is 0 Å². The van der Waals surface area contributed by atoms with Crippen molar-refractivity contribution < 1.29 is 4.39 Å². The first-order valence-electron chi connectivity index (χ1n) is 5.58.